The van der Waals surface area contributed by atoms with Gasteiger partial charge in [-0.05, 0) is 13.8 Å². The van der Waals surface area contributed by atoms with Gasteiger partial charge in [-0.1, -0.05) is 0 Å². The molecule has 1 rings (SSSR count). The van der Waals surface area contributed by atoms with E-state index in [4.69, 9.17) is 25.8 Å². The van der Waals surface area contributed by atoms with Crippen molar-refractivity contribution in [3.63, 3.8) is 0 Å². The first-order chi connectivity index (χ1) is 6.10. The van der Waals surface area contributed by atoms with Crippen LogP contribution in [0.5, 0.6) is 0 Å². The molecule has 0 aromatic rings. The van der Waals surface area contributed by atoms with Gasteiger partial charge in [-0.2, -0.15) is 0 Å². The standard InChI is InChI=1S/C8H13ClO4/c1-3-11-7(10)6(9)8(2)12-4-5-13-8/h6H,3-5H2,1-2H3. The smallest absolute Gasteiger partial charge is 0.329 e. The lowest BCUT2D eigenvalue weighted by Crippen LogP contribution is -2.42. The van der Waals surface area contributed by atoms with Gasteiger partial charge in [0.2, 0.25) is 0 Å². The zero-order chi connectivity index (χ0) is 9.90. The van der Waals surface area contributed by atoms with Crippen molar-refractivity contribution in [1.29, 1.82) is 0 Å². The summed E-state index contributed by atoms with van der Waals surface area (Å²) in [4.78, 5) is 11.2. The predicted molar refractivity (Wildman–Crippen MR) is 46.6 cm³/mol. The Hall–Kier alpha value is -0.320. The normalized spacial score (nSPS) is 22.7. The van der Waals surface area contributed by atoms with Crippen LogP contribution >= 0.6 is 11.6 Å². The van der Waals surface area contributed by atoms with Gasteiger partial charge < -0.3 is 14.2 Å². The van der Waals surface area contributed by atoms with Gasteiger partial charge in [0, 0.05) is 0 Å². The lowest BCUT2D eigenvalue weighted by molar-refractivity contribution is -0.172. The molecule has 0 radical (unpaired) electrons. The number of alkyl halides is 1. The van der Waals surface area contributed by atoms with Gasteiger partial charge in [0.05, 0.1) is 19.8 Å². The van der Waals surface area contributed by atoms with Crippen molar-refractivity contribution in [1.82, 2.24) is 0 Å². The Balaban J connectivity index is 2.54. The molecule has 76 valence electrons. The minimum absolute atomic E-state index is 0.304. The number of hydrogen-bond acceptors (Lipinski definition) is 4. The molecule has 1 heterocycles. The van der Waals surface area contributed by atoms with Crippen LogP contribution in [0.3, 0.4) is 0 Å². The molecule has 0 saturated carbocycles. The van der Waals surface area contributed by atoms with Gasteiger partial charge in [0.15, 0.2) is 11.2 Å². The summed E-state index contributed by atoms with van der Waals surface area (Å²) in [7, 11) is 0. The van der Waals surface area contributed by atoms with E-state index in [1.165, 1.54) is 0 Å². The second kappa shape index (κ2) is 4.26. The minimum atomic E-state index is -1.03. The van der Waals surface area contributed by atoms with Gasteiger partial charge >= 0.3 is 5.97 Å². The van der Waals surface area contributed by atoms with Crippen molar-refractivity contribution in [2.75, 3.05) is 19.8 Å². The van der Waals surface area contributed by atoms with Crippen LogP contribution in [0.15, 0.2) is 0 Å². The predicted octanol–water partition coefficient (Wildman–Crippen LogP) is 0.920. The summed E-state index contributed by atoms with van der Waals surface area (Å²) in [6.45, 7) is 4.57. The first kappa shape index (κ1) is 10.8. The Bertz CT molecular complexity index is 189. The summed E-state index contributed by atoms with van der Waals surface area (Å²) in [5, 5.41) is -0.907. The second-order valence-corrected chi connectivity index (χ2v) is 3.26. The number of ether oxygens (including phenoxy) is 3. The molecule has 1 fully saturated rings. The fraction of sp³-hybridized carbons (Fsp3) is 0.875. The van der Waals surface area contributed by atoms with E-state index in [9.17, 15) is 4.79 Å². The first-order valence-electron chi connectivity index (χ1n) is 4.19. The van der Waals surface area contributed by atoms with Crippen molar-refractivity contribution in [2.24, 2.45) is 0 Å². The average Bonchev–Trinajstić information content (AvgIpc) is 2.52. The summed E-state index contributed by atoms with van der Waals surface area (Å²) >= 11 is 5.83. The molecule has 0 spiro atoms. The maximum absolute atomic E-state index is 11.2. The lowest BCUT2D eigenvalue weighted by atomic mass is 10.2. The van der Waals surface area contributed by atoms with Crippen molar-refractivity contribution in [2.45, 2.75) is 25.0 Å². The molecule has 1 saturated heterocycles. The summed E-state index contributed by atoms with van der Waals surface area (Å²) in [6, 6.07) is 0. The minimum Gasteiger partial charge on any atom is -0.465 e. The fourth-order valence-electron chi connectivity index (χ4n) is 1.11. The highest BCUT2D eigenvalue weighted by molar-refractivity contribution is 6.30. The third-order valence-electron chi connectivity index (χ3n) is 1.81. The molecule has 0 amide bonds. The number of esters is 1. The molecule has 4 nitrogen and oxygen atoms in total. The molecule has 0 aliphatic carbocycles. The SMILES string of the molecule is CCOC(=O)C(Cl)C1(C)OCCO1. The second-order valence-electron chi connectivity index (χ2n) is 2.83. The molecule has 1 aliphatic heterocycles. The van der Waals surface area contributed by atoms with E-state index in [2.05, 4.69) is 0 Å². The highest BCUT2D eigenvalue weighted by Crippen LogP contribution is 2.27. The van der Waals surface area contributed by atoms with Crippen molar-refractivity contribution in [3.8, 4) is 0 Å². The van der Waals surface area contributed by atoms with Crippen molar-refractivity contribution >= 4 is 17.6 Å². The molecular formula is C8H13ClO4. The molecule has 5 heteroatoms. The van der Waals surface area contributed by atoms with Crippen LogP contribution in [0.4, 0.5) is 0 Å². The van der Waals surface area contributed by atoms with Gasteiger partial charge in [-0.25, -0.2) is 0 Å². The zero-order valence-electron chi connectivity index (χ0n) is 7.71. The first-order valence-corrected chi connectivity index (χ1v) is 4.62. The van der Waals surface area contributed by atoms with Crippen LogP contribution in [0.2, 0.25) is 0 Å². The molecule has 1 unspecified atom stereocenters. The van der Waals surface area contributed by atoms with Gasteiger partial charge in [0.25, 0.3) is 0 Å². The quantitative estimate of drug-likeness (QED) is 0.511. The van der Waals surface area contributed by atoms with E-state index in [0.717, 1.165) is 0 Å². The Labute approximate surface area is 82.1 Å². The fourth-order valence-corrected chi connectivity index (χ4v) is 1.30. The molecule has 13 heavy (non-hydrogen) atoms. The lowest BCUT2D eigenvalue weighted by Gasteiger charge is -2.25. The van der Waals surface area contributed by atoms with Gasteiger partial charge in [-0.3, -0.25) is 4.79 Å². The highest BCUT2D eigenvalue weighted by atomic mass is 35.5. The number of halogens is 1. The highest BCUT2D eigenvalue weighted by Gasteiger charge is 2.44. The van der Waals surface area contributed by atoms with Crippen LogP contribution in [0.25, 0.3) is 0 Å². The molecule has 0 aromatic heterocycles. The Morgan fingerprint density at radius 3 is 2.62 bits per heavy atom. The van der Waals surface area contributed by atoms with E-state index in [1.807, 2.05) is 0 Å². The van der Waals surface area contributed by atoms with E-state index in [1.54, 1.807) is 13.8 Å². The van der Waals surface area contributed by atoms with Crippen LogP contribution in [-0.2, 0) is 19.0 Å². The number of rotatable bonds is 3. The Morgan fingerprint density at radius 1 is 1.62 bits per heavy atom. The van der Waals surface area contributed by atoms with E-state index in [-0.39, 0.29) is 0 Å². The average molecular weight is 209 g/mol. The summed E-state index contributed by atoms with van der Waals surface area (Å²) in [5.74, 6) is -1.54. The van der Waals surface area contributed by atoms with E-state index in [0.29, 0.717) is 19.8 Å². The van der Waals surface area contributed by atoms with E-state index >= 15 is 0 Å². The monoisotopic (exact) mass is 208 g/mol. The molecule has 0 aromatic carbocycles. The summed E-state index contributed by atoms with van der Waals surface area (Å²) < 4.78 is 15.2. The molecule has 1 aliphatic rings. The molecular weight excluding hydrogens is 196 g/mol. The zero-order valence-corrected chi connectivity index (χ0v) is 8.47. The van der Waals surface area contributed by atoms with Crippen LogP contribution < -0.4 is 0 Å². The van der Waals surface area contributed by atoms with Gasteiger partial charge in [0.1, 0.15) is 0 Å². The third kappa shape index (κ3) is 2.33. The Kier molecular flexibility index (Phi) is 3.53. The van der Waals surface area contributed by atoms with E-state index < -0.39 is 17.1 Å². The third-order valence-corrected chi connectivity index (χ3v) is 2.39. The number of carbonyl (C=O) groups excluding carboxylic acids is 1. The van der Waals surface area contributed by atoms with Crippen molar-refractivity contribution in [3.05, 3.63) is 0 Å². The van der Waals surface area contributed by atoms with Crippen LogP contribution in [0, 0.1) is 0 Å². The largest absolute Gasteiger partial charge is 0.465 e. The summed E-state index contributed by atoms with van der Waals surface area (Å²) in [5.41, 5.74) is 0. The van der Waals surface area contributed by atoms with Crippen LogP contribution in [-0.4, -0.2) is 37.0 Å². The number of hydrogen-bond donors (Lipinski definition) is 0. The topological polar surface area (TPSA) is 44.8 Å². The molecule has 0 bridgehead atoms. The van der Waals surface area contributed by atoms with Crippen LogP contribution in [0.1, 0.15) is 13.8 Å². The molecule has 1 atom stereocenters. The van der Waals surface area contributed by atoms with Gasteiger partial charge in [-0.15, -0.1) is 11.6 Å². The summed E-state index contributed by atoms with van der Waals surface area (Å²) in [6.07, 6.45) is 0. The Morgan fingerprint density at radius 2 is 2.15 bits per heavy atom. The van der Waals surface area contributed by atoms with Crippen molar-refractivity contribution < 1.29 is 19.0 Å². The molecule has 0 N–H and O–H groups in total. The maximum atomic E-state index is 11.2. The maximum Gasteiger partial charge on any atom is 0.329 e. The number of carbonyl (C=O) groups is 1.